The molecular formula is C11H17N3O. The standard InChI is InChI=1S/C11H17N3O/c12-10-6-13-8-14-11(10)15-7-9-4-2-1-3-5-9/h6,8-9H,1-5,7,12H2. The Labute approximate surface area is 89.9 Å². The van der Waals surface area contributed by atoms with Gasteiger partial charge in [0.05, 0.1) is 12.8 Å². The minimum absolute atomic E-state index is 0.522. The molecule has 1 heterocycles. The lowest BCUT2D eigenvalue weighted by Crippen LogP contribution is -2.16. The molecule has 1 aliphatic carbocycles. The highest BCUT2D eigenvalue weighted by atomic mass is 16.5. The Morgan fingerprint density at radius 1 is 1.33 bits per heavy atom. The fourth-order valence-corrected chi connectivity index (χ4v) is 2.00. The number of aromatic nitrogens is 2. The van der Waals surface area contributed by atoms with Crippen molar-refractivity contribution in [3.05, 3.63) is 12.5 Å². The third kappa shape index (κ3) is 2.81. The molecule has 2 N–H and O–H groups in total. The average Bonchev–Trinajstić information content (AvgIpc) is 2.29. The number of nitrogen functional groups attached to an aromatic ring is 1. The Bertz CT molecular complexity index is 310. The van der Waals surface area contributed by atoms with Crippen LogP contribution >= 0.6 is 0 Å². The molecule has 0 aromatic carbocycles. The quantitative estimate of drug-likeness (QED) is 0.823. The van der Waals surface area contributed by atoms with Gasteiger partial charge in [-0.1, -0.05) is 19.3 Å². The van der Waals surface area contributed by atoms with Gasteiger partial charge in [0.25, 0.3) is 0 Å². The summed E-state index contributed by atoms with van der Waals surface area (Å²) in [4.78, 5) is 7.83. The fraction of sp³-hybridized carbons (Fsp3) is 0.636. The van der Waals surface area contributed by atoms with Crippen LogP contribution in [-0.2, 0) is 0 Å². The van der Waals surface area contributed by atoms with Crippen LogP contribution in [0.4, 0.5) is 5.69 Å². The molecule has 1 aromatic rings. The van der Waals surface area contributed by atoms with Gasteiger partial charge in [-0.05, 0) is 18.8 Å². The molecule has 0 radical (unpaired) electrons. The summed E-state index contributed by atoms with van der Waals surface area (Å²) in [5.74, 6) is 1.20. The SMILES string of the molecule is Nc1cncnc1OCC1CCCCC1. The van der Waals surface area contributed by atoms with Crippen molar-refractivity contribution in [1.29, 1.82) is 0 Å². The van der Waals surface area contributed by atoms with Crippen molar-refractivity contribution in [2.24, 2.45) is 5.92 Å². The molecule has 82 valence electrons. The number of anilines is 1. The molecule has 0 aliphatic heterocycles. The number of rotatable bonds is 3. The first-order chi connectivity index (χ1) is 7.36. The summed E-state index contributed by atoms with van der Waals surface area (Å²) in [6, 6.07) is 0. The zero-order valence-corrected chi connectivity index (χ0v) is 8.85. The third-order valence-electron chi connectivity index (χ3n) is 2.88. The molecule has 1 fully saturated rings. The van der Waals surface area contributed by atoms with Crippen LogP contribution in [-0.4, -0.2) is 16.6 Å². The summed E-state index contributed by atoms with van der Waals surface area (Å²) in [6.45, 7) is 0.737. The summed E-state index contributed by atoms with van der Waals surface area (Å²) >= 11 is 0. The molecular weight excluding hydrogens is 190 g/mol. The predicted molar refractivity (Wildman–Crippen MR) is 58.5 cm³/mol. The maximum atomic E-state index is 5.69. The largest absolute Gasteiger partial charge is 0.476 e. The average molecular weight is 207 g/mol. The van der Waals surface area contributed by atoms with E-state index in [1.165, 1.54) is 38.4 Å². The molecule has 15 heavy (non-hydrogen) atoms. The van der Waals surface area contributed by atoms with E-state index in [9.17, 15) is 0 Å². The Morgan fingerprint density at radius 3 is 2.87 bits per heavy atom. The van der Waals surface area contributed by atoms with Crippen LogP contribution in [0, 0.1) is 5.92 Å². The minimum Gasteiger partial charge on any atom is -0.476 e. The maximum Gasteiger partial charge on any atom is 0.240 e. The van der Waals surface area contributed by atoms with Gasteiger partial charge in [-0.15, -0.1) is 0 Å². The molecule has 4 nitrogen and oxygen atoms in total. The molecule has 1 saturated carbocycles. The van der Waals surface area contributed by atoms with Crippen molar-refractivity contribution >= 4 is 5.69 Å². The van der Waals surface area contributed by atoms with E-state index in [1.54, 1.807) is 6.20 Å². The van der Waals surface area contributed by atoms with E-state index < -0.39 is 0 Å². The second-order valence-electron chi connectivity index (χ2n) is 4.10. The van der Waals surface area contributed by atoms with Gasteiger partial charge in [-0.25, -0.2) is 9.97 Å². The molecule has 0 amide bonds. The van der Waals surface area contributed by atoms with Gasteiger partial charge in [0.2, 0.25) is 5.88 Å². The molecule has 4 heteroatoms. The lowest BCUT2D eigenvalue weighted by molar-refractivity contribution is 0.203. The van der Waals surface area contributed by atoms with Crippen LogP contribution in [0.5, 0.6) is 5.88 Å². The van der Waals surface area contributed by atoms with Gasteiger partial charge in [0.15, 0.2) is 0 Å². The zero-order valence-electron chi connectivity index (χ0n) is 8.85. The van der Waals surface area contributed by atoms with Gasteiger partial charge >= 0.3 is 0 Å². The lowest BCUT2D eigenvalue weighted by Gasteiger charge is -2.21. The molecule has 0 atom stereocenters. The van der Waals surface area contributed by atoms with E-state index in [-0.39, 0.29) is 0 Å². The highest BCUT2D eigenvalue weighted by Gasteiger charge is 2.14. The van der Waals surface area contributed by atoms with Crippen molar-refractivity contribution in [1.82, 2.24) is 9.97 Å². The summed E-state index contributed by atoms with van der Waals surface area (Å²) in [5, 5.41) is 0. The number of ether oxygens (including phenoxy) is 1. The normalized spacial score (nSPS) is 17.6. The van der Waals surface area contributed by atoms with E-state index in [1.807, 2.05) is 0 Å². The molecule has 0 bridgehead atoms. The predicted octanol–water partition coefficient (Wildman–Crippen LogP) is 2.02. The number of nitrogens with two attached hydrogens (primary N) is 1. The van der Waals surface area contributed by atoms with Gasteiger partial charge in [0.1, 0.15) is 12.0 Å². The van der Waals surface area contributed by atoms with Crippen molar-refractivity contribution in [3.8, 4) is 5.88 Å². The van der Waals surface area contributed by atoms with Crippen LogP contribution in [0.3, 0.4) is 0 Å². The van der Waals surface area contributed by atoms with Crippen LogP contribution < -0.4 is 10.5 Å². The lowest BCUT2D eigenvalue weighted by atomic mass is 9.90. The van der Waals surface area contributed by atoms with Gasteiger partial charge in [-0.3, -0.25) is 0 Å². The molecule has 0 saturated heterocycles. The van der Waals surface area contributed by atoms with E-state index in [0.29, 0.717) is 17.5 Å². The Hall–Kier alpha value is -1.32. The molecule has 1 aromatic heterocycles. The smallest absolute Gasteiger partial charge is 0.240 e. The highest BCUT2D eigenvalue weighted by Crippen LogP contribution is 2.25. The van der Waals surface area contributed by atoms with E-state index >= 15 is 0 Å². The first-order valence-electron chi connectivity index (χ1n) is 5.54. The van der Waals surface area contributed by atoms with Crippen LogP contribution in [0.15, 0.2) is 12.5 Å². The van der Waals surface area contributed by atoms with Crippen molar-refractivity contribution < 1.29 is 4.74 Å². The Balaban J connectivity index is 1.84. The maximum absolute atomic E-state index is 5.69. The van der Waals surface area contributed by atoms with Gasteiger partial charge in [-0.2, -0.15) is 0 Å². The number of hydrogen-bond donors (Lipinski definition) is 1. The summed E-state index contributed by atoms with van der Waals surface area (Å²) in [6.07, 6.45) is 9.60. The Morgan fingerprint density at radius 2 is 2.13 bits per heavy atom. The fourth-order valence-electron chi connectivity index (χ4n) is 2.00. The van der Waals surface area contributed by atoms with Gasteiger partial charge in [0, 0.05) is 0 Å². The van der Waals surface area contributed by atoms with E-state index in [0.717, 1.165) is 6.61 Å². The van der Waals surface area contributed by atoms with Crippen LogP contribution in [0.1, 0.15) is 32.1 Å². The highest BCUT2D eigenvalue weighted by molar-refractivity contribution is 5.44. The van der Waals surface area contributed by atoms with Gasteiger partial charge < -0.3 is 10.5 Å². The summed E-state index contributed by atoms with van der Waals surface area (Å²) in [5.41, 5.74) is 6.21. The van der Waals surface area contributed by atoms with Crippen molar-refractivity contribution in [2.75, 3.05) is 12.3 Å². The third-order valence-corrected chi connectivity index (χ3v) is 2.88. The number of hydrogen-bond acceptors (Lipinski definition) is 4. The second-order valence-corrected chi connectivity index (χ2v) is 4.10. The zero-order chi connectivity index (χ0) is 10.5. The Kier molecular flexibility index (Phi) is 3.37. The van der Waals surface area contributed by atoms with E-state index in [2.05, 4.69) is 9.97 Å². The second kappa shape index (κ2) is 4.96. The summed E-state index contributed by atoms with van der Waals surface area (Å²) in [7, 11) is 0. The molecule has 1 aliphatic rings. The topological polar surface area (TPSA) is 61.0 Å². The van der Waals surface area contributed by atoms with Crippen LogP contribution in [0.25, 0.3) is 0 Å². The first-order valence-corrected chi connectivity index (χ1v) is 5.54. The number of nitrogens with zero attached hydrogens (tertiary/aromatic N) is 2. The van der Waals surface area contributed by atoms with Crippen LogP contribution in [0.2, 0.25) is 0 Å². The monoisotopic (exact) mass is 207 g/mol. The summed E-state index contributed by atoms with van der Waals surface area (Å²) < 4.78 is 5.60. The van der Waals surface area contributed by atoms with Crippen molar-refractivity contribution in [2.45, 2.75) is 32.1 Å². The first kappa shape index (κ1) is 10.2. The van der Waals surface area contributed by atoms with E-state index in [4.69, 9.17) is 10.5 Å². The van der Waals surface area contributed by atoms with Crippen molar-refractivity contribution in [3.63, 3.8) is 0 Å². The minimum atomic E-state index is 0.522. The molecule has 2 rings (SSSR count). The molecule has 0 unspecified atom stereocenters. The molecule has 0 spiro atoms.